The number of allylic oxidation sites excluding steroid dienone is 14. The predicted octanol–water partition coefficient (Wildman–Crippen LogP) is 12.9. The molecule has 59 heavy (non-hydrogen) atoms. The molecule has 0 heterocycles. The second-order valence-electron chi connectivity index (χ2n) is 16.3. The number of likely N-dealkylation sites (N-methyl/N-ethyl adjacent to an activating group) is 1. The molecule has 1 N–H and O–H groups in total. The number of ether oxygens (including phenoxy) is 3. The number of aliphatic carboxylic acids is 1. The molecule has 0 amide bonds. The highest BCUT2D eigenvalue weighted by Gasteiger charge is 2.31. The number of unbranched alkanes of at least 4 members (excludes halogenated alkanes) is 12. The molecule has 8 heteroatoms. The zero-order chi connectivity index (χ0) is 43.5. The van der Waals surface area contributed by atoms with Crippen LogP contribution in [-0.4, -0.2) is 80.6 Å². The second kappa shape index (κ2) is 41.3. The lowest BCUT2D eigenvalue weighted by Crippen LogP contribution is -2.50. The molecule has 0 fully saturated rings. The highest BCUT2D eigenvalue weighted by Crippen LogP contribution is 2.12. The molecule has 0 spiro atoms. The maximum absolute atomic E-state index is 12.7. The van der Waals surface area contributed by atoms with Crippen molar-refractivity contribution in [1.29, 1.82) is 0 Å². The van der Waals surface area contributed by atoms with Gasteiger partial charge in [-0.3, -0.25) is 9.59 Å². The third kappa shape index (κ3) is 39.7. The third-order valence-corrected chi connectivity index (χ3v) is 9.78. The summed E-state index contributed by atoms with van der Waals surface area (Å²) < 4.78 is 17.2. The van der Waals surface area contributed by atoms with E-state index < -0.39 is 18.1 Å². The summed E-state index contributed by atoms with van der Waals surface area (Å²) in [4.78, 5) is 37.0. The average molecular weight is 825 g/mol. The van der Waals surface area contributed by atoms with Crippen molar-refractivity contribution in [3.8, 4) is 0 Å². The highest BCUT2D eigenvalue weighted by atomic mass is 16.6. The number of carboxylic acids is 1. The summed E-state index contributed by atoms with van der Waals surface area (Å²) in [5.41, 5.74) is 0. The Bertz CT molecular complexity index is 1240. The number of hydrogen-bond donors (Lipinski definition) is 1. The fourth-order valence-corrected chi connectivity index (χ4v) is 6.21. The van der Waals surface area contributed by atoms with Crippen LogP contribution >= 0.6 is 0 Å². The van der Waals surface area contributed by atoms with Gasteiger partial charge in [0.05, 0.1) is 34.4 Å². The minimum atomic E-state index is -0.887. The van der Waals surface area contributed by atoms with Gasteiger partial charge in [-0.25, -0.2) is 4.79 Å². The van der Waals surface area contributed by atoms with Crippen LogP contribution < -0.4 is 0 Å². The molecule has 336 valence electrons. The van der Waals surface area contributed by atoms with E-state index in [0.717, 1.165) is 83.5 Å². The van der Waals surface area contributed by atoms with Gasteiger partial charge in [0.1, 0.15) is 6.61 Å². The number of hydrogen-bond acceptors (Lipinski definition) is 6. The second-order valence-corrected chi connectivity index (χ2v) is 16.3. The van der Waals surface area contributed by atoms with E-state index in [9.17, 15) is 19.5 Å². The molecule has 0 aromatic heterocycles. The van der Waals surface area contributed by atoms with Gasteiger partial charge in [-0.15, -0.1) is 0 Å². The first kappa shape index (κ1) is 55.5. The molecule has 0 aliphatic carbocycles. The van der Waals surface area contributed by atoms with Crippen molar-refractivity contribution >= 4 is 17.9 Å². The van der Waals surface area contributed by atoms with Crippen LogP contribution in [0.1, 0.15) is 168 Å². The lowest BCUT2D eigenvalue weighted by atomic mass is 10.1. The molecule has 0 radical (unpaired) electrons. The van der Waals surface area contributed by atoms with Gasteiger partial charge in [-0.1, -0.05) is 144 Å². The van der Waals surface area contributed by atoms with E-state index >= 15 is 0 Å². The van der Waals surface area contributed by atoms with Gasteiger partial charge in [0.2, 0.25) is 0 Å². The van der Waals surface area contributed by atoms with Crippen molar-refractivity contribution in [1.82, 2.24) is 0 Å². The molecule has 0 aromatic carbocycles. The van der Waals surface area contributed by atoms with Gasteiger partial charge >= 0.3 is 17.9 Å². The Kier molecular flexibility index (Phi) is 38.8. The topological polar surface area (TPSA) is 99.1 Å². The fourth-order valence-electron chi connectivity index (χ4n) is 6.21. The minimum Gasteiger partial charge on any atom is -0.477 e. The van der Waals surface area contributed by atoms with Crippen LogP contribution in [0, 0.1) is 0 Å². The largest absolute Gasteiger partial charge is 0.477 e. The van der Waals surface area contributed by atoms with E-state index in [2.05, 4.69) is 98.9 Å². The quantitative estimate of drug-likeness (QED) is 0.0284. The summed E-state index contributed by atoms with van der Waals surface area (Å²) in [5.74, 6) is -1.55. The highest BCUT2D eigenvalue weighted by molar-refractivity contribution is 5.72. The smallest absolute Gasteiger partial charge is 0.362 e. The van der Waals surface area contributed by atoms with Gasteiger partial charge in [-0.05, 0) is 89.9 Å². The summed E-state index contributed by atoms with van der Waals surface area (Å²) in [6.07, 6.45) is 53.5. The first-order valence-corrected chi connectivity index (χ1v) is 23.1. The van der Waals surface area contributed by atoms with Crippen molar-refractivity contribution in [3.63, 3.8) is 0 Å². The van der Waals surface area contributed by atoms with E-state index in [-0.39, 0.29) is 42.7 Å². The summed E-state index contributed by atoms with van der Waals surface area (Å²) >= 11 is 0. The van der Waals surface area contributed by atoms with Crippen LogP contribution in [0.25, 0.3) is 0 Å². The summed E-state index contributed by atoms with van der Waals surface area (Å²) in [7, 11) is 5.50. The minimum absolute atomic E-state index is 0.0340. The molecular weight excluding hydrogens is 739 g/mol. The molecule has 0 saturated heterocycles. The van der Waals surface area contributed by atoms with Crippen LogP contribution in [-0.2, 0) is 28.6 Å². The number of carbonyl (C=O) groups is 3. The molecule has 0 bridgehead atoms. The Balaban J connectivity index is 4.45. The van der Waals surface area contributed by atoms with Crippen molar-refractivity contribution < 1.29 is 38.2 Å². The first-order chi connectivity index (χ1) is 28.6. The van der Waals surface area contributed by atoms with E-state index in [1.165, 1.54) is 44.9 Å². The lowest BCUT2D eigenvalue weighted by molar-refractivity contribution is -0.887. The number of carboxylic acid groups (broad SMARTS) is 1. The number of rotatable bonds is 40. The van der Waals surface area contributed by atoms with Crippen LogP contribution in [0.3, 0.4) is 0 Å². The van der Waals surface area contributed by atoms with Crippen molar-refractivity contribution in [2.75, 3.05) is 41.0 Å². The number of nitrogens with zero attached hydrogens (tertiary/aromatic N) is 1. The Morgan fingerprint density at radius 3 is 1.46 bits per heavy atom. The molecule has 8 nitrogen and oxygen atoms in total. The van der Waals surface area contributed by atoms with Crippen LogP contribution in [0.4, 0.5) is 0 Å². The van der Waals surface area contributed by atoms with Gasteiger partial charge < -0.3 is 23.8 Å². The van der Waals surface area contributed by atoms with E-state index in [0.29, 0.717) is 19.3 Å². The average Bonchev–Trinajstić information content (AvgIpc) is 3.19. The summed E-state index contributed by atoms with van der Waals surface area (Å²) in [6.45, 7) is 4.54. The normalized spacial score (nSPS) is 13.7. The number of carbonyl (C=O) groups excluding carboxylic acids is 2. The molecule has 0 saturated carbocycles. The summed E-state index contributed by atoms with van der Waals surface area (Å²) in [5, 5.41) is 9.63. The van der Waals surface area contributed by atoms with Crippen LogP contribution in [0.5, 0.6) is 0 Å². The Labute approximate surface area is 361 Å². The van der Waals surface area contributed by atoms with Gasteiger partial charge in [0, 0.05) is 19.3 Å². The number of esters is 2. The van der Waals surface area contributed by atoms with E-state index in [1.807, 2.05) is 21.1 Å². The Morgan fingerprint density at radius 2 is 0.949 bits per heavy atom. The molecule has 0 aromatic rings. The molecule has 2 unspecified atom stereocenters. The molecule has 0 aliphatic heterocycles. The van der Waals surface area contributed by atoms with E-state index in [4.69, 9.17) is 14.2 Å². The van der Waals surface area contributed by atoms with Crippen molar-refractivity contribution in [2.45, 2.75) is 180 Å². The molecule has 0 rings (SSSR count). The Hall–Kier alpha value is -3.49. The molecule has 0 aliphatic rings. The summed E-state index contributed by atoms with van der Waals surface area (Å²) in [6, 6.07) is -0.629. The zero-order valence-electron chi connectivity index (χ0n) is 38.2. The molecule has 2 atom stereocenters. The third-order valence-electron chi connectivity index (χ3n) is 9.78. The zero-order valence-corrected chi connectivity index (χ0v) is 38.2. The standard InChI is InChI=1S/C51H85NO7/c1-6-8-10-12-14-16-18-20-22-23-24-25-26-27-28-30-32-34-36-38-40-42-50(54)59-47(45-57-44-43-48(51(55)56)52(3,4)5)46-58-49(53)41-39-37-35-33-31-29-21-19-17-15-13-11-9-7-2/h8,10,14,16,20,22,24-25,27-29,31-32,34,47-48H,6-7,9,11-13,15,17-19,21,23,26,30,33,35-46H2,1-5H3/p+1/b10-8+,16-14+,22-20+,25-24+,28-27+,31-29+,34-32+. The maximum atomic E-state index is 12.7. The maximum Gasteiger partial charge on any atom is 0.362 e. The SMILES string of the molecule is CC/C=C/C/C=C/C/C=C/C/C=C/C/C=C/C/C=C/CCCCC(=O)OC(COCCC(C(=O)O)[N+](C)(C)C)COC(=O)CCCCC/C=C/CCCCCCCCC. The van der Waals surface area contributed by atoms with E-state index in [1.54, 1.807) is 0 Å². The lowest BCUT2D eigenvalue weighted by Gasteiger charge is -2.31. The predicted molar refractivity (Wildman–Crippen MR) is 247 cm³/mol. The van der Waals surface area contributed by atoms with Gasteiger partial charge in [0.25, 0.3) is 0 Å². The van der Waals surface area contributed by atoms with Crippen LogP contribution in [0.15, 0.2) is 85.1 Å². The van der Waals surface area contributed by atoms with Crippen molar-refractivity contribution in [2.24, 2.45) is 0 Å². The van der Waals surface area contributed by atoms with Gasteiger partial charge in [-0.2, -0.15) is 0 Å². The first-order valence-electron chi connectivity index (χ1n) is 23.1. The molecular formula is C51H86NO7+. The fraction of sp³-hybridized carbons (Fsp3) is 0.667. The monoisotopic (exact) mass is 825 g/mol. The number of quaternary nitrogens is 1. The van der Waals surface area contributed by atoms with Gasteiger partial charge in [0.15, 0.2) is 12.1 Å². The van der Waals surface area contributed by atoms with Crippen molar-refractivity contribution in [3.05, 3.63) is 85.1 Å². The Morgan fingerprint density at radius 1 is 0.525 bits per heavy atom. The van der Waals surface area contributed by atoms with Crippen LogP contribution in [0.2, 0.25) is 0 Å².